The Bertz CT molecular complexity index is 271. The third-order valence-electron chi connectivity index (χ3n) is 1.52. The lowest BCUT2D eigenvalue weighted by Gasteiger charge is -2.28. The van der Waals surface area contributed by atoms with Crippen molar-refractivity contribution in [2.45, 2.75) is 60.3 Å². The van der Waals surface area contributed by atoms with E-state index in [1.807, 2.05) is 27.7 Å². The van der Waals surface area contributed by atoms with Gasteiger partial charge in [-0.1, -0.05) is 7.43 Å². The minimum atomic E-state index is -2.79. The van der Waals surface area contributed by atoms with Crippen molar-refractivity contribution < 1.29 is 27.3 Å². The molecule has 0 bridgehead atoms. The topological polar surface area (TPSA) is 71.1 Å². The molecule has 0 rings (SSSR count). The zero-order chi connectivity index (χ0) is 15.6. The van der Waals surface area contributed by atoms with Crippen LogP contribution < -0.4 is 0 Å². The summed E-state index contributed by atoms with van der Waals surface area (Å²) >= 11 is 0. The van der Waals surface area contributed by atoms with Gasteiger partial charge in [0.15, 0.2) is 0 Å². The van der Waals surface area contributed by atoms with E-state index >= 15 is 0 Å². The van der Waals surface area contributed by atoms with Crippen molar-refractivity contribution in [1.82, 2.24) is 0 Å². The van der Waals surface area contributed by atoms with E-state index in [0.29, 0.717) is 10.5 Å². The van der Waals surface area contributed by atoms with Gasteiger partial charge in [-0.2, -0.15) is 0 Å². The standard InChI is InChI=1S/C9H20O4Si.C2H6O2Si.CH3/c1-7(2)11-14(6,12-8(3)4)13-9(5)10;1-2(3)4-5;/h7-8H,1-6H3;1,5H3;1H3. The first kappa shape index (κ1) is 24.3. The molecule has 1 radical (unpaired) electrons. The van der Waals surface area contributed by atoms with Gasteiger partial charge < -0.3 is 17.7 Å². The lowest BCUT2D eigenvalue weighted by Crippen LogP contribution is -2.47. The van der Waals surface area contributed by atoms with Gasteiger partial charge in [0, 0.05) is 32.6 Å². The van der Waals surface area contributed by atoms with E-state index in [0.717, 1.165) is 0 Å². The number of carbonyl (C=O) groups excluding carboxylic acids is 2. The number of hydrogen-bond donors (Lipinski definition) is 0. The average Bonchev–Trinajstić information content (AvgIpc) is 2.13. The van der Waals surface area contributed by atoms with E-state index in [2.05, 4.69) is 4.43 Å². The van der Waals surface area contributed by atoms with Crippen LogP contribution in [0.2, 0.25) is 6.55 Å². The zero-order valence-corrected chi connectivity index (χ0v) is 17.1. The predicted molar refractivity (Wildman–Crippen MR) is 83.9 cm³/mol. The van der Waals surface area contributed by atoms with Crippen molar-refractivity contribution in [2.24, 2.45) is 0 Å². The van der Waals surface area contributed by atoms with Crippen LogP contribution >= 0.6 is 0 Å². The van der Waals surface area contributed by atoms with Crippen LogP contribution in [0.4, 0.5) is 0 Å². The van der Waals surface area contributed by atoms with Crippen molar-refractivity contribution >= 4 is 31.2 Å². The van der Waals surface area contributed by atoms with E-state index in [1.165, 1.54) is 13.8 Å². The van der Waals surface area contributed by atoms with Crippen LogP contribution in [-0.2, 0) is 27.3 Å². The molecule has 0 unspecified atom stereocenters. The quantitative estimate of drug-likeness (QED) is 0.709. The summed E-state index contributed by atoms with van der Waals surface area (Å²) < 4.78 is 20.4. The molecule has 0 amide bonds. The molecule has 0 heterocycles. The van der Waals surface area contributed by atoms with Crippen LogP contribution in [0.15, 0.2) is 0 Å². The number of hydrogen-bond acceptors (Lipinski definition) is 6. The summed E-state index contributed by atoms with van der Waals surface area (Å²) in [4.78, 5) is 20.5. The number of rotatable bonds is 5. The van der Waals surface area contributed by atoms with Crippen molar-refractivity contribution in [3.63, 3.8) is 0 Å². The highest BCUT2D eigenvalue weighted by atomic mass is 28.4. The lowest BCUT2D eigenvalue weighted by molar-refractivity contribution is -0.137. The monoisotopic (exact) mass is 325 g/mol. The van der Waals surface area contributed by atoms with Crippen LogP contribution in [0.25, 0.3) is 0 Å². The maximum Gasteiger partial charge on any atom is 0.565 e. The lowest BCUT2D eigenvalue weighted by atomic mass is 10.5. The van der Waals surface area contributed by atoms with Crippen LogP contribution in [0.3, 0.4) is 0 Å². The van der Waals surface area contributed by atoms with Gasteiger partial charge in [0.2, 0.25) is 10.5 Å². The number of carbonyl (C=O) groups is 2. The second-order valence-electron chi connectivity index (χ2n) is 4.48. The second kappa shape index (κ2) is 12.1. The van der Waals surface area contributed by atoms with Crippen LogP contribution in [0.5, 0.6) is 0 Å². The molecule has 0 aromatic heterocycles. The van der Waals surface area contributed by atoms with Gasteiger partial charge in [0.05, 0.1) is 0 Å². The Morgan fingerprint density at radius 1 is 0.950 bits per heavy atom. The average molecular weight is 326 g/mol. The molecule has 0 saturated carbocycles. The molecular weight excluding hydrogens is 296 g/mol. The van der Waals surface area contributed by atoms with Crippen molar-refractivity contribution in [2.75, 3.05) is 0 Å². The largest absolute Gasteiger partial charge is 0.565 e. The highest BCUT2D eigenvalue weighted by Gasteiger charge is 2.40. The Balaban J connectivity index is -0.000000414. The molecule has 121 valence electrons. The smallest absolute Gasteiger partial charge is 0.529 e. The van der Waals surface area contributed by atoms with Crippen molar-refractivity contribution in [3.05, 3.63) is 7.43 Å². The zero-order valence-electron chi connectivity index (χ0n) is 14.1. The van der Waals surface area contributed by atoms with Crippen molar-refractivity contribution in [1.29, 1.82) is 0 Å². The fourth-order valence-electron chi connectivity index (χ4n) is 1.19. The van der Waals surface area contributed by atoms with E-state index in [4.69, 9.17) is 13.3 Å². The highest BCUT2D eigenvalue weighted by Crippen LogP contribution is 2.14. The molecule has 0 N–H and O–H groups in total. The molecule has 8 heteroatoms. The minimum Gasteiger partial charge on any atom is -0.529 e. The molecule has 20 heavy (non-hydrogen) atoms. The molecule has 0 saturated heterocycles. The molecule has 0 fully saturated rings. The normalized spacial score (nSPS) is 10.4. The summed E-state index contributed by atoms with van der Waals surface area (Å²) in [5.74, 6) is -0.544. The Hall–Kier alpha value is -0.706. The molecule has 0 aromatic carbocycles. The van der Waals surface area contributed by atoms with Crippen LogP contribution in [0.1, 0.15) is 41.5 Å². The van der Waals surface area contributed by atoms with E-state index in [-0.39, 0.29) is 31.6 Å². The van der Waals surface area contributed by atoms with Gasteiger partial charge in [-0.3, -0.25) is 9.59 Å². The van der Waals surface area contributed by atoms with E-state index < -0.39 is 8.80 Å². The Kier molecular flexibility index (Phi) is 14.7. The van der Waals surface area contributed by atoms with Crippen LogP contribution in [0, 0.1) is 7.43 Å². The third kappa shape index (κ3) is 17.3. The molecule has 0 aromatic rings. The molecule has 0 spiro atoms. The highest BCUT2D eigenvalue weighted by molar-refractivity contribution is 6.61. The maximum absolute atomic E-state index is 10.9. The van der Waals surface area contributed by atoms with Gasteiger partial charge in [0.1, 0.15) is 0 Å². The summed E-state index contributed by atoms with van der Waals surface area (Å²) in [5, 5.41) is 0. The summed E-state index contributed by atoms with van der Waals surface area (Å²) in [6.45, 7) is 12.0. The summed E-state index contributed by atoms with van der Waals surface area (Å²) in [5.41, 5.74) is 0. The molecule has 0 aliphatic heterocycles. The fourth-order valence-corrected chi connectivity index (χ4v) is 3.58. The molecule has 0 aliphatic carbocycles. The summed E-state index contributed by atoms with van der Waals surface area (Å²) in [6, 6.07) is 0. The van der Waals surface area contributed by atoms with Gasteiger partial charge in [-0.25, -0.2) is 0 Å². The predicted octanol–water partition coefficient (Wildman–Crippen LogP) is 1.25. The Morgan fingerprint density at radius 2 is 1.25 bits per heavy atom. The van der Waals surface area contributed by atoms with Crippen molar-refractivity contribution in [3.8, 4) is 0 Å². The first-order valence-corrected chi connectivity index (χ1v) is 9.16. The maximum atomic E-state index is 10.9. The molecule has 0 atom stereocenters. The van der Waals surface area contributed by atoms with Gasteiger partial charge in [-0.15, -0.1) is 0 Å². The van der Waals surface area contributed by atoms with Gasteiger partial charge in [-0.05, 0) is 27.7 Å². The molecule has 6 nitrogen and oxygen atoms in total. The van der Waals surface area contributed by atoms with E-state index in [9.17, 15) is 9.59 Å². The SMILES string of the molecule is CC(=O)O[SiH3].CC(=O)O[Si](C)(OC(C)C)OC(C)C.[CH3]. The van der Waals surface area contributed by atoms with Gasteiger partial charge >= 0.3 is 8.80 Å². The van der Waals surface area contributed by atoms with Gasteiger partial charge in [0.25, 0.3) is 11.9 Å². The Morgan fingerprint density at radius 3 is 1.40 bits per heavy atom. The first-order valence-electron chi connectivity index (χ1n) is 6.12. The second-order valence-corrected chi connectivity index (χ2v) is 7.29. The Labute approximate surface area is 127 Å². The fraction of sp³-hybridized carbons (Fsp3) is 0.750. The summed E-state index contributed by atoms with van der Waals surface area (Å²) in [7, 11) is -2.26. The molecular formula is C12H29O6Si2. The first-order chi connectivity index (χ1) is 8.52. The van der Waals surface area contributed by atoms with Crippen LogP contribution in [-0.4, -0.2) is 43.4 Å². The summed E-state index contributed by atoms with van der Waals surface area (Å²) in [6.07, 6.45) is -0.0190. The minimum absolute atomic E-state index is 0. The molecule has 0 aliphatic rings. The third-order valence-corrected chi connectivity index (χ3v) is 4.55. The van der Waals surface area contributed by atoms with E-state index in [1.54, 1.807) is 6.55 Å².